The quantitative estimate of drug-likeness (QED) is 0.428. The van der Waals surface area contributed by atoms with Crippen LogP contribution < -0.4 is 4.90 Å². The van der Waals surface area contributed by atoms with Crippen molar-refractivity contribution in [3.8, 4) is 6.07 Å². The first-order valence-corrected chi connectivity index (χ1v) is 7.19. The molecular weight excluding hydrogens is 284 g/mol. The van der Waals surface area contributed by atoms with Crippen LogP contribution in [0.3, 0.4) is 0 Å². The van der Waals surface area contributed by atoms with Gasteiger partial charge in [0.1, 0.15) is 6.54 Å². The zero-order chi connectivity index (χ0) is 16.4. The second-order valence-electron chi connectivity index (χ2n) is 4.76. The summed E-state index contributed by atoms with van der Waals surface area (Å²) < 4.78 is 5.14. The second-order valence-corrected chi connectivity index (χ2v) is 4.76. The lowest BCUT2D eigenvalue weighted by Gasteiger charge is -2.21. The largest absolute Gasteiger partial charge is 0.481 e. The molecule has 0 atom stereocenters. The number of hydrogen-bond donors (Lipinski definition) is 1. The Morgan fingerprint density at radius 3 is 2.82 bits per heavy atom. The fourth-order valence-corrected chi connectivity index (χ4v) is 1.84. The molecule has 0 aliphatic heterocycles. The highest BCUT2D eigenvalue weighted by atomic mass is 16.5. The molecule has 1 aromatic rings. The summed E-state index contributed by atoms with van der Waals surface area (Å²) in [6.45, 7) is 2.65. The maximum atomic E-state index is 11.9. The number of carboxylic acids is 1. The predicted octanol–water partition coefficient (Wildman–Crippen LogP) is 2.45. The monoisotopic (exact) mass is 304 g/mol. The van der Waals surface area contributed by atoms with Crippen molar-refractivity contribution >= 4 is 17.6 Å². The lowest BCUT2D eigenvalue weighted by molar-refractivity contribution is -0.136. The van der Waals surface area contributed by atoms with E-state index < -0.39 is 11.9 Å². The maximum absolute atomic E-state index is 11.9. The molecule has 22 heavy (non-hydrogen) atoms. The summed E-state index contributed by atoms with van der Waals surface area (Å²) in [5.41, 5.74) is 1.03. The molecule has 1 N–H and O–H groups in total. The van der Waals surface area contributed by atoms with Gasteiger partial charge in [0.2, 0.25) is 0 Å². The number of hydrogen-bond acceptors (Lipinski definition) is 5. The van der Waals surface area contributed by atoms with Crippen LogP contribution in [0.1, 0.15) is 36.5 Å². The number of nitriles is 1. The number of rotatable bonds is 9. The third kappa shape index (κ3) is 5.83. The summed E-state index contributed by atoms with van der Waals surface area (Å²) >= 11 is 0. The molecule has 0 fully saturated rings. The fraction of sp³-hybridized carbons (Fsp3) is 0.438. The fourth-order valence-electron chi connectivity index (χ4n) is 1.84. The van der Waals surface area contributed by atoms with Crippen molar-refractivity contribution in [1.82, 2.24) is 0 Å². The van der Waals surface area contributed by atoms with Crippen LogP contribution in [0.5, 0.6) is 0 Å². The Balaban J connectivity index is 2.80. The van der Waals surface area contributed by atoms with Gasteiger partial charge in [0.15, 0.2) is 0 Å². The van der Waals surface area contributed by atoms with Gasteiger partial charge in [-0.05, 0) is 24.6 Å². The topological polar surface area (TPSA) is 90.6 Å². The van der Waals surface area contributed by atoms with E-state index in [1.165, 1.54) is 0 Å². The number of nitrogens with zero attached hydrogens (tertiary/aromatic N) is 2. The first kappa shape index (κ1) is 17.5. The Kier molecular flexibility index (Phi) is 7.48. The van der Waals surface area contributed by atoms with Gasteiger partial charge < -0.3 is 14.7 Å². The van der Waals surface area contributed by atoms with Crippen LogP contribution in [0.2, 0.25) is 0 Å². The smallest absolute Gasteiger partial charge is 0.338 e. The van der Waals surface area contributed by atoms with Gasteiger partial charge in [0.05, 0.1) is 24.7 Å². The minimum Gasteiger partial charge on any atom is -0.481 e. The average Bonchev–Trinajstić information content (AvgIpc) is 2.51. The second kappa shape index (κ2) is 9.40. The zero-order valence-corrected chi connectivity index (χ0v) is 12.6. The van der Waals surface area contributed by atoms with E-state index in [2.05, 4.69) is 0 Å². The average molecular weight is 304 g/mol. The summed E-state index contributed by atoms with van der Waals surface area (Å²) in [5, 5.41) is 17.6. The molecule has 6 heteroatoms. The van der Waals surface area contributed by atoms with Gasteiger partial charge in [-0.15, -0.1) is 0 Å². The highest BCUT2D eigenvalue weighted by Crippen LogP contribution is 2.17. The molecule has 0 heterocycles. The summed E-state index contributed by atoms with van der Waals surface area (Å²) in [6, 6.07) is 8.68. The normalized spacial score (nSPS) is 9.82. The molecule has 0 bridgehead atoms. The van der Waals surface area contributed by atoms with Crippen LogP contribution in [-0.4, -0.2) is 36.7 Å². The number of carbonyl (C=O) groups excluding carboxylic acids is 1. The molecule has 0 saturated heterocycles. The Bertz CT molecular complexity index is 551. The number of carbonyl (C=O) groups is 2. The summed E-state index contributed by atoms with van der Waals surface area (Å²) in [6.07, 6.45) is 1.68. The molecule has 0 aromatic heterocycles. The van der Waals surface area contributed by atoms with E-state index in [4.69, 9.17) is 15.1 Å². The molecule has 0 saturated carbocycles. The number of benzene rings is 1. The molecule has 0 aliphatic carbocycles. The number of anilines is 1. The van der Waals surface area contributed by atoms with Gasteiger partial charge in [0, 0.05) is 12.2 Å². The number of carboxylic acid groups (broad SMARTS) is 1. The van der Waals surface area contributed by atoms with E-state index >= 15 is 0 Å². The third-order valence-corrected chi connectivity index (χ3v) is 3.04. The van der Waals surface area contributed by atoms with Crippen molar-refractivity contribution in [2.45, 2.75) is 26.2 Å². The van der Waals surface area contributed by atoms with Crippen LogP contribution in [0.4, 0.5) is 5.69 Å². The molecule has 0 radical (unpaired) electrons. The molecule has 118 valence electrons. The van der Waals surface area contributed by atoms with Gasteiger partial charge >= 0.3 is 11.9 Å². The number of aliphatic carboxylic acids is 1. The SMILES string of the molecule is CCCCOC(=O)c1cccc(N(CC#N)CCC(=O)O)c1. The van der Waals surface area contributed by atoms with Gasteiger partial charge in [-0.1, -0.05) is 19.4 Å². The van der Waals surface area contributed by atoms with Crippen molar-refractivity contribution in [2.24, 2.45) is 0 Å². The molecule has 0 aliphatic rings. The summed E-state index contributed by atoms with van der Waals surface area (Å²) in [5.74, 6) is -1.34. The summed E-state index contributed by atoms with van der Waals surface area (Å²) in [4.78, 5) is 24.2. The third-order valence-electron chi connectivity index (χ3n) is 3.04. The van der Waals surface area contributed by atoms with Gasteiger partial charge in [-0.2, -0.15) is 5.26 Å². The lowest BCUT2D eigenvalue weighted by Crippen LogP contribution is -2.26. The summed E-state index contributed by atoms with van der Waals surface area (Å²) in [7, 11) is 0. The van der Waals surface area contributed by atoms with Crippen molar-refractivity contribution < 1.29 is 19.4 Å². The number of unbranched alkanes of at least 4 members (excludes halogenated alkanes) is 1. The van der Waals surface area contributed by atoms with Crippen LogP contribution in [-0.2, 0) is 9.53 Å². The van der Waals surface area contributed by atoms with Crippen molar-refractivity contribution in [3.05, 3.63) is 29.8 Å². The van der Waals surface area contributed by atoms with E-state index in [1.807, 2.05) is 13.0 Å². The molecule has 0 spiro atoms. The molecule has 0 amide bonds. The number of ether oxygens (including phenoxy) is 1. The highest BCUT2D eigenvalue weighted by Gasteiger charge is 2.12. The zero-order valence-electron chi connectivity index (χ0n) is 12.6. The number of esters is 1. The first-order valence-electron chi connectivity index (χ1n) is 7.19. The lowest BCUT2D eigenvalue weighted by atomic mass is 10.2. The van der Waals surface area contributed by atoms with E-state index in [1.54, 1.807) is 29.2 Å². The van der Waals surface area contributed by atoms with Gasteiger partial charge in [0.25, 0.3) is 0 Å². The van der Waals surface area contributed by atoms with E-state index in [9.17, 15) is 9.59 Å². The Morgan fingerprint density at radius 1 is 1.41 bits per heavy atom. The van der Waals surface area contributed by atoms with Crippen molar-refractivity contribution in [1.29, 1.82) is 5.26 Å². The molecule has 6 nitrogen and oxygen atoms in total. The van der Waals surface area contributed by atoms with Crippen LogP contribution in [0, 0.1) is 11.3 Å². The van der Waals surface area contributed by atoms with Gasteiger partial charge in [-0.3, -0.25) is 4.79 Å². The van der Waals surface area contributed by atoms with Gasteiger partial charge in [-0.25, -0.2) is 4.79 Å². The standard InChI is InChI=1S/C16H20N2O4/c1-2-3-11-22-16(21)13-5-4-6-14(12-13)18(10-8-17)9-7-15(19)20/h4-6,12H,2-3,7,9-11H2,1H3,(H,19,20). The van der Waals surface area contributed by atoms with E-state index in [-0.39, 0.29) is 19.5 Å². The van der Waals surface area contributed by atoms with Crippen LogP contribution in [0.25, 0.3) is 0 Å². The highest BCUT2D eigenvalue weighted by molar-refractivity contribution is 5.90. The maximum Gasteiger partial charge on any atom is 0.338 e. The molecule has 1 rings (SSSR count). The van der Waals surface area contributed by atoms with E-state index in [0.717, 1.165) is 12.8 Å². The van der Waals surface area contributed by atoms with Crippen molar-refractivity contribution in [2.75, 3.05) is 24.6 Å². The van der Waals surface area contributed by atoms with E-state index in [0.29, 0.717) is 17.9 Å². The Hall–Kier alpha value is -2.55. The molecular formula is C16H20N2O4. The molecule has 1 aromatic carbocycles. The van der Waals surface area contributed by atoms with Crippen molar-refractivity contribution in [3.63, 3.8) is 0 Å². The Morgan fingerprint density at radius 2 is 2.18 bits per heavy atom. The van der Waals surface area contributed by atoms with Crippen LogP contribution in [0.15, 0.2) is 24.3 Å². The first-order chi connectivity index (χ1) is 10.6. The minimum absolute atomic E-state index is 0.0572. The predicted molar refractivity (Wildman–Crippen MR) is 81.7 cm³/mol. The van der Waals surface area contributed by atoms with Crippen LogP contribution >= 0.6 is 0 Å². The minimum atomic E-state index is -0.932. The molecule has 0 unspecified atom stereocenters. The Labute approximate surface area is 129 Å².